The normalized spacial score (nSPS) is 23.6. The number of Topliss-reactive ketones (excluding diaryl/α,β-unsaturated/α-hetero) is 1. The predicted molar refractivity (Wildman–Crippen MR) is 84.4 cm³/mol. The Bertz CT molecular complexity index is 475. The van der Waals surface area contributed by atoms with Crippen molar-refractivity contribution >= 4 is 40.9 Å². The predicted octanol–water partition coefficient (Wildman–Crippen LogP) is 3.12. The van der Waals surface area contributed by atoms with Crippen molar-refractivity contribution in [1.29, 1.82) is 0 Å². The van der Waals surface area contributed by atoms with Crippen molar-refractivity contribution in [2.75, 3.05) is 11.5 Å². The molecule has 1 aliphatic heterocycles. The van der Waals surface area contributed by atoms with Gasteiger partial charge < -0.3 is 0 Å². The van der Waals surface area contributed by atoms with Crippen molar-refractivity contribution in [3.8, 4) is 0 Å². The monoisotopic (exact) mass is 318 g/mol. The molecule has 0 radical (unpaired) electrons. The van der Waals surface area contributed by atoms with Crippen LogP contribution in [0.25, 0.3) is 0 Å². The summed E-state index contributed by atoms with van der Waals surface area (Å²) in [5.41, 5.74) is 1.75. The molecule has 19 heavy (non-hydrogen) atoms. The van der Waals surface area contributed by atoms with E-state index in [0.717, 1.165) is 29.2 Å². The Labute approximate surface area is 127 Å². The molecule has 1 aromatic heterocycles. The Morgan fingerprint density at radius 2 is 2.16 bits per heavy atom. The van der Waals surface area contributed by atoms with Crippen LogP contribution in [0.5, 0.6) is 0 Å². The van der Waals surface area contributed by atoms with E-state index in [1.165, 1.54) is 0 Å². The Kier molecular flexibility index (Phi) is 5.26. The minimum Gasteiger partial charge on any atom is -0.298 e. The Balaban J connectivity index is 2.11. The van der Waals surface area contributed by atoms with E-state index < -0.39 is 0 Å². The van der Waals surface area contributed by atoms with Crippen molar-refractivity contribution in [2.45, 2.75) is 37.2 Å². The summed E-state index contributed by atoms with van der Waals surface area (Å²) in [5, 5.41) is 5.42. The van der Waals surface area contributed by atoms with Gasteiger partial charge in [0.2, 0.25) is 0 Å². The van der Waals surface area contributed by atoms with Gasteiger partial charge in [-0.3, -0.25) is 9.48 Å². The SMILES string of the molecule is CCC1SCCSC1C(=O)Cc1c(C)nn(C)c1Cl. The maximum Gasteiger partial charge on any atom is 0.151 e. The van der Waals surface area contributed by atoms with Gasteiger partial charge in [0.15, 0.2) is 5.78 Å². The molecule has 1 saturated heterocycles. The van der Waals surface area contributed by atoms with Crippen molar-refractivity contribution in [2.24, 2.45) is 7.05 Å². The number of carbonyl (C=O) groups is 1. The maximum atomic E-state index is 12.5. The van der Waals surface area contributed by atoms with Crippen LogP contribution in [-0.2, 0) is 18.3 Å². The second-order valence-corrected chi connectivity index (χ2v) is 7.68. The largest absolute Gasteiger partial charge is 0.298 e. The molecular weight excluding hydrogens is 300 g/mol. The summed E-state index contributed by atoms with van der Waals surface area (Å²) >= 11 is 9.93. The fraction of sp³-hybridized carbons (Fsp3) is 0.692. The van der Waals surface area contributed by atoms with Crippen LogP contribution in [0.1, 0.15) is 24.6 Å². The van der Waals surface area contributed by atoms with Crippen molar-refractivity contribution < 1.29 is 4.79 Å². The fourth-order valence-corrected chi connectivity index (χ4v) is 5.63. The van der Waals surface area contributed by atoms with Gasteiger partial charge in [0.1, 0.15) is 5.15 Å². The van der Waals surface area contributed by atoms with E-state index in [-0.39, 0.29) is 5.25 Å². The van der Waals surface area contributed by atoms with E-state index in [4.69, 9.17) is 11.6 Å². The number of ketones is 1. The lowest BCUT2D eigenvalue weighted by Gasteiger charge is -2.28. The lowest BCUT2D eigenvalue weighted by atomic mass is 10.0. The lowest BCUT2D eigenvalue weighted by molar-refractivity contribution is -0.117. The Morgan fingerprint density at radius 3 is 2.74 bits per heavy atom. The number of halogens is 1. The smallest absolute Gasteiger partial charge is 0.151 e. The van der Waals surface area contributed by atoms with Gasteiger partial charge in [0.05, 0.1) is 10.9 Å². The molecule has 2 heterocycles. The van der Waals surface area contributed by atoms with Crippen LogP contribution in [0.4, 0.5) is 0 Å². The van der Waals surface area contributed by atoms with E-state index in [2.05, 4.69) is 12.0 Å². The third kappa shape index (κ3) is 3.31. The first-order valence-electron chi connectivity index (χ1n) is 6.48. The molecule has 0 saturated carbocycles. The van der Waals surface area contributed by atoms with E-state index in [9.17, 15) is 4.79 Å². The highest BCUT2D eigenvalue weighted by Gasteiger charge is 2.31. The van der Waals surface area contributed by atoms with Crippen molar-refractivity contribution in [3.05, 3.63) is 16.4 Å². The number of hydrogen-bond acceptors (Lipinski definition) is 4. The zero-order valence-corrected chi connectivity index (χ0v) is 13.9. The molecule has 6 heteroatoms. The average Bonchev–Trinajstić information content (AvgIpc) is 2.65. The van der Waals surface area contributed by atoms with Gasteiger partial charge in [-0.15, -0.1) is 11.8 Å². The minimum atomic E-state index is 0.111. The molecule has 0 spiro atoms. The number of carbonyl (C=O) groups excluding carboxylic acids is 1. The van der Waals surface area contributed by atoms with Gasteiger partial charge in [-0.05, 0) is 13.3 Å². The van der Waals surface area contributed by atoms with Gasteiger partial charge in [-0.2, -0.15) is 16.9 Å². The molecule has 2 unspecified atom stereocenters. The highest BCUT2D eigenvalue weighted by molar-refractivity contribution is 8.07. The Morgan fingerprint density at radius 1 is 1.47 bits per heavy atom. The first-order valence-corrected chi connectivity index (χ1v) is 8.96. The number of aromatic nitrogens is 2. The first kappa shape index (κ1) is 15.3. The van der Waals surface area contributed by atoms with Crippen LogP contribution in [0.2, 0.25) is 5.15 Å². The molecule has 0 N–H and O–H groups in total. The molecule has 0 amide bonds. The summed E-state index contributed by atoms with van der Waals surface area (Å²) in [5.74, 6) is 2.51. The van der Waals surface area contributed by atoms with Gasteiger partial charge in [-0.1, -0.05) is 18.5 Å². The fourth-order valence-electron chi connectivity index (χ4n) is 2.35. The third-order valence-electron chi connectivity index (χ3n) is 3.39. The molecular formula is C13H19ClN2OS2. The number of aryl methyl sites for hydroxylation is 2. The molecule has 1 aromatic rings. The highest BCUT2D eigenvalue weighted by atomic mass is 35.5. The summed E-state index contributed by atoms with van der Waals surface area (Å²) < 4.78 is 1.64. The topological polar surface area (TPSA) is 34.9 Å². The quantitative estimate of drug-likeness (QED) is 0.854. The summed E-state index contributed by atoms with van der Waals surface area (Å²) in [6.07, 6.45) is 1.46. The zero-order chi connectivity index (χ0) is 14.0. The van der Waals surface area contributed by atoms with Gasteiger partial charge in [-0.25, -0.2) is 0 Å². The van der Waals surface area contributed by atoms with Gasteiger partial charge in [0.25, 0.3) is 0 Å². The first-order chi connectivity index (χ1) is 9.04. The van der Waals surface area contributed by atoms with Crippen LogP contribution in [-0.4, -0.2) is 37.6 Å². The third-order valence-corrected chi connectivity index (χ3v) is 7.16. The lowest BCUT2D eigenvalue weighted by Crippen LogP contribution is -2.33. The molecule has 2 rings (SSSR count). The van der Waals surface area contributed by atoms with E-state index in [0.29, 0.717) is 22.6 Å². The number of hydrogen-bond donors (Lipinski definition) is 0. The molecule has 2 atom stereocenters. The van der Waals surface area contributed by atoms with E-state index >= 15 is 0 Å². The molecule has 1 fully saturated rings. The zero-order valence-electron chi connectivity index (χ0n) is 11.5. The molecule has 0 aliphatic carbocycles. The summed E-state index contributed by atoms with van der Waals surface area (Å²) in [7, 11) is 1.81. The van der Waals surface area contributed by atoms with Crippen LogP contribution in [0, 0.1) is 6.92 Å². The maximum absolute atomic E-state index is 12.5. The molecule has 106 valence electrons. The van der Waals surface area contributed by atoms with E-state index in [1.807, 2.05) is 25.7 Å². The highest BCUT2D eigenvalue weighted by Crippen LogP contribution is 2.35. The van der Waals surface area contributed by atoms with Crippen LogP contribution < -0.4 is 0 Å². The molecule has 0 bridgehead atoms. The van der Waals surface area contributed by atoms with E-state index in [1.54, 1.807) is 16.4 Å². The summed E-state index contributed by atoms with van der Waals surface area (Å²) in [4.78, 5) is 12.5. The summed E-state index contributed by atoms with van der Waals surface area (Å²) in [6.45, 7) is 4.07. The number of thioether (sulfide) groups is 2. The number of nitrogens with zero attached hydrogens (tertiary/aromatic N) is 2. The Hall–Kier alpha value is -0.130. The molecule has 3 nitrogen and oxygen atoms in total. The van der Waals surface area contributed by atoms with Crippen LogP contribution in [0.15, 0.2) is 0 Å². The minimum absolute atomic E-state index is 0.111. The van der Waals surface area contributed by atoms with Crippen molar-refractivity contribution in [1.82, 2.24) is 9.78 Å². The second kappa shape index (κ2) is 6.55. The average molecular weight is 319 g/mol. The van der Waals surface area contributed by atoms with Gasteiger partial charge in [0, 0.05) is 35.8 Å². The standard InChI is InChI=1S/C13H19ClN2OS2/c1-4-11-12(19-6-5-18-11)10(17)7-9-8(2)15-16(3)13(9)14/h11-12H,4-7H2,1-3H3. The second-order valence-electron chi connectivity index (χ2n) is 4.73. The summed E-state index contributed by atoms with van der Waals surface area (Å²) in [6, 6.07) is 0. The molecule has 0 aromatic carbocycles. The molecule has 1 aliphatic rings. The van der Waals surface area contributed by atoms with Crippen LogP contribution in [0.3, 0.4) is 0 Å². The van der Waals surface area contributed by atoms with Gasteiger partial charge >= 0.3 is 0 Å². The van der Waals surface area contributed by atoms with Crippen molar-refractivity contribution in [3.63, 3.8) is 0 Å². The number of rotatable bonds is 4. The van der Waals surface area contributed by atoms with Crippen LogP contribution >= 0.6 is 35.1 Å².